The molecule has 1 aromatic heterocycles. The topological polar surface area (TPSA) is 37.8 Å². The summed E-state index contributed by atoms with van der Waals surface area (Å²) in [6.07, 6.45) is 7.24. The molecule has 1 unspecified atom stereocenters. The molecule has 0 bridgehead atoms. The van der Waals surface area contributed by atoms with Crippen molar-refractivity contribution in [3.63, 3.8) is 0 Å². The third-order valence-corrected chi connectivity index (χ3v) is 2.55. The summed E-state index contributed by atoms with van der Waals surface area (Å²) in [6, 6.07) is 0. The fourth-order valence-electron chi connectivity index (χ4n) is 1.01. The Bertz CT molecular complexity index is 228. The maximum Gasteiger partial charge on any atom is 0.144 e. The van der Waals surface area contributed by atoms with Gasteiger partial charge in [-0.2, -0.15) is 11.8 Å². The third kappa shape index (κ3) is 4.12. The highest BCUT2D eigenvalue weighted by Crippen LogP contribution is 2.05. The van der Waals surface area contributed by atoms with E-state index in [9.17, 15) is 0 Å². The van der Waals surface area contributed by atoms with Gasteiger partial charge in [-0.1, -0.05) is 6.92 Å². The Balaban J connectivity index is 2.27. The number of nitrogens with one attached hydrogen (secondary N) is 1. The summed E-state index contributed by atoms with van der Waals surface area (Å²) in [7, 11) is 0. The minimum Gasteiger partial charge on any atom is -0.369 e. The van der Waals surface area contributed by atoms with Crippen LogP contribution in [0.15, 0.2) is 18.6 Å². The summed E-state index contributed by atoms with van der Waals surface area (Å²) in [6.45, 7) is 3.18. The van der Waals surface area contributed by atoms with Crippen LogP contribution in [0.4, 0.5) is 5.82 Å². The van der Waals surface area contributed by atoms with Crippen LogP contribution in [-0.4, -0.2) is 28.5 Å². The van der Waals surface area contributed by atoms with Crippen LogP contribution in [-0.2, 0) is 0 Å². The Morgan fingerprint density at radius 1 is 1.54 bits per heavy atom. The highest BCUT2D eigenvalue weighted by atomic mass is 32.2. The monoisotopic (exact) mass is 197 g/mol. The molecule has 0 aromatic carbocycles. The largest absolute Gasteiger partial charge is 0.369 e. The van der Waals surface area contributed by atoms with Crippen molar-refractivity contribution < 1.29 is 0 Å². The van der Waals surface area contributed by atoms with E-state index in [0.717, 1.165) is 12.4 Å². The van der Waals surface area contributed by atoms with Gasteiger partial charge >= 0.3 is 0 Å². The van der Waals surface area contributed by atoms with Gasteiger partial charge in [-0.3, -0.25) is 4.98 Å². The Labute approximate surface area is 83.4 Å². The first-order valence-corrected chi connectivity index (χ1v) is 5.71. The number of nitrogens with zero attached hydrogens (tertiary/aromatic N) is 2. The first-order valence-electron chi connectivity index (χ1n) is 4.31. The fraction of sp³-hybridized carbons (Fsp3) is 0.556. The molecule has 1 heterocycles. The van der Waals surface area contributed by atoms with E-state index < -0.39 is 0 Å². The molecule has 0 saturated carbocycles. The number of hydrogen-bond acceptors (Lipinski definition) is 4. The lowest BCUT2D eigenvalue weighted by Gasteiger charge is -2.10. The third-order valence-electron chi connectivity index (χ3n) is 1.65. The normalized spacial score (nSPS) is 12.5. The van der Waals surface area contributed by atoms with Gasteiger partial charge in [0.2, 0.25) is 0 Å². The molecule has 3 nitrogen and oxygen atoms in total. The Morgan fingerprint density at radius 3 is 3.00 bits per heavy atom. The molecule has 0 aliphatic carbocycles. The lowest BCUT2D eigenvalue weighted by atomic mass is 10.2. The van der Waals surface area contributed by atoms with Gasteiger partial charge in [-0.05, 0) is 17.9 Å². The highest BCUT2D eigenvalue weighted by molar-refractivity contribution is 7.98. The molecule has 0 aliphatic heterocycles. The molecule has 0 radical (unpaired) electrons. The smallest absolute Gasteiger partial charge is 0.144 e. The summed E-state index contributed by atoms with van der Waals surface area (Å²) in [5.41, 5.74) is 0. The van der Waals surface area contributed by atoms with Crippen LogP contribution >= 0.6 is 11.8 Å². The van der Waals surface area contributed by atoms with Crippen molar-refractivity contribution >= 4 is 17.6 Å². The Morgan fingerprint density at radius 2 is 2.38 bits per heavy atom. The van der Waals surface area contributed by atoms with Crippen molar-refractivity contribution in [2.45, 2.75) is 6.92 Å². The highest BCUT2D eigenvalue weighted by Gasteiger charge is 2.00. The fourth-order valence-corrected chi connectivity index (χ4v) is 1.70. The zero-order valence-electron chi connectivity index (χ0n) is 8.03. The summed E-state index contributed by atoms with van der Waals surface area (Å²) < 4.78 is 0. The molecule has 0 fully saturated rings. The van der Waals surface area contributed by atoms with E-state index in [0.29, 0.717) is 5.92 Å². The van der Waals surface area contributed by atoms with Gasteiger partial charge < -0.3 is 5.32 Å². The molecule has 1 N–H and O–H groups in total. The first-order chi connectivity index (χ1) is 6.33. The van der Waals surface area contributed by atoms with E-state index in [1.807, 2.05) is 11.8 Å². The van der Waals surface area contributed by atoms with Crippen LogP contribution in [0, 0.1) is 5.92 Å². The molecule has 0 spiro atoms. The molecule has 13 heavy (non-hydrogen) atoms. The van der Waals surface area contributed by atoms with Crippen LogP contribution in [0.2, 0.25) is 0 Å². The van der Waals surface area contributed by atoms with Crippen LogP contribution in [0.3, 0.4) is 0 Å². The Hall–Kier alpha value is -0.770. The maximum atomic E-state index is 4.13. The minimum atomic E-state index is 0.664. The van der Waals surface area contributed by atoms with E-state index in [1.165, 1.54) is 5.75 Å². The van der Waals surface area contributed by atoms with Gasteiger partial charge in [-0.15, -0.1) is 0 Å². The second-order valence-electron chi connectivity index (χ2n) is 3.03. The number of aromatic nitrogens is 2. The van der Waals surface area contributed by atoms with Crippen molar-refractivity contribution in [3.05, 3.63) is 18.6 Å². The predicted octanol–water partition coefficient (Wildman–Crippen LogP) is 1.89. The minimum absolute atomic E-state index is 0.664. The molecular weight excluding hydrogens is 182 g/mol. The molecule has 1 rings (SSSR count). The second-order valence-corrected chi connectivity index (χ2v) is 3.94. The molecule has 4 heteroatoms. The van der Waals surface area contributed by atoms with E-state index >= 15 is 0 Å². The average Bonchev–Trinajstić information content (AvgIpc) is 2.17. The second kappa shape index (κ2) is 5.80. The summed E-state index contributed by atoms with van der Waals surface area (Å²) >= 11 is 1.87. The number of hydrogen-bond donors (Lipinski definition) is 1. The number of thioether (sulfide) groups is 1. The van der Waals surface area contributed by atoms with Crippen molar-refractivity contribution in [2.24, 2.45) is 5.92 Å². The SMILES string of the molecule is CSCC(C)CNc1cnccn1. The zero-order chi connectivity index (χ0) is 9.52. The molecule has 72 valence electrons. The van der Waals surface area contributed by atoms with Gasteiger partial charge in [0.15, 0.2) is 0 Å². The van der Waals surface area contributed by atoms with Crippen LogP contribution in [0.1, 0.15) is 6.92 Å². The zero-order valence-corrected chi connectivity index (χ0v) is 8.84. The van der Waals surface area contributed by atoms with Crippen LogP contribution < -0.4 is 5.32 Å². The van der Waals surface area contributed by atoms with Crippen molar-refractivity contribution in [1.82, 2.24) is 9.97 Å². The van der Waals surface area contributed by atoms with E-state index in [4.69, 9.17) is 0 Å². The average molecular weight is 197 g/mol. The summed E-state index contributed by atoms with van der Waals surface area (Å²) in [5, 5.41) is 3.24. The molecule has 1 atom stereocenters. The van der Waals surface area contributed by atoms with Gasteiger partial charge in [0.25, 0.3) is 0 Å². The lowest BCUT2D eigenvalue weighted by molar-refractivity contribution is 0.699. The number of anilines is 1. The molecular formula is C9H15N3S. The van der Waals surface area contributed by atoms with E-state index in [2.05, 4.69) is 28.5 Å². The van der Waals surface area contributed by atoms with Crippen molar-refractivity contribution in [3.8, 4) is 0 Å². The quantitative estimate of drug-likeness (QED) is 0.782. The van der Waals surface area contributed by atoms with E-state index in [-0.39, 0.29) is 0 Å². The van der Waals surface area contributed by atoms with Crippen LogP contribution in [0.5, 0.6) is 0 Å². The lowest BCUT2D eigenvalue weighted by Crippen LogP contribution is -2.13. The maximum absolute atomic E-state index is 4.13. The summed E-state index contributed by atoms with van der Waals surface area (Å²) in [5.74, 6) is 2.69. The molecule has 0 aliphatic rings. The van der Waals surface area contributed by atoms with Gasteiger partial charge in [0.05, 0.1) is 6.20 Å². The van der Waals surface area contributed by atoms with Gasteiger partial charge in [0.1, 0.15) is 5.82 Å². The van der Waals surface area contributed by atoms with E-state index in [1.54, 1.807) is 18.6 Å². The Kier molecular flexibility index (Phi) is 4.60. The molecule has 0 saturated heterocycles. The number of rotatable bonds is 5. The summed E-state index contributed by atoms with van der Waals surface area (Å²) in [4.78, 5) is 8.11. The predicted molar refractivity (Wildman–Crippen MR) is 58.1 cm³/mol. The van der Waals surface area contributed by atoms with Gasteiger partial charge in [0, 0.05) is 18.9 Å². The van der Waals surface area contributed by atoms with Gasteiger partial charge in [-0.25, -0.2) is 4.98 Å². The standard InChI is InChI=1S/C9H15N3S/c1-8(7-13-2)5-12-9-6-10-3-4-11-9/h3-4,6,8H,5,7H2,1-2H3,(H,11,12). The molecule has 1 aromatic rings. The van der Waals surface area contributed by atoms with Crippen LogP contribution in [0.25, 0.3) is 0 Å². The van der Waals surface area contributed by atoms with Crippen molar-refractivity contribution in [1.29, 1.82) is 0 Å². The first kappa shape index (κ1) is 10.3. The molecule has 0 amide bonds. The van der Waals surface area contributed by atoms with Crippen molar-refractivity contribution in [2.75, 3.05) is 23.9 Å².